The van der Waals surface area contributed by atoms with Crippen LogP contribution in [0.25, 0.3) is 0 Å². The molecule has 0 radical (unpaired) electrons. The summed E-state index contributed by atoms with van der Waals surface area (Å²) in [5, 5.41) is 3.67. The van der Waals surface area contributed by atoms with Crippen molar-refractivity contribution in [2.24, 2.45) is 10.9 Å². The maximum Gasteiger partial charge on any atom is 0.193 e. The third-order valence-corrected chi connectivity index (χ3v) is 6.61. The Balaban J connectivity index is 1.16. The fourth-order valence-electron chi connectivity index (χ4n) is 4.74. The molecular weight excluding hydrogens is 382 g/mol. The molecule has 2 fully saturated rings. The first kappa shape index (κ1) is 21.8. The van der Waals surface area contributed by atoms with Crippen LogP contribution in [0.3, 0.4) is 0 Å². The lowest BCUT2D eigenvalue weighted by atomic mass is 10.1. The highest BCUT2D eigenvalue weighted by Crippen LogP contribution is 2.16. The summed E-state index contributed by atoms with van der Waals surface area (Å²) in [5.74, 6) is 1.79. The van der Waals surface area contributed by atoms with Crippen LogP contribution in [-0.4, -0.2) is 80.1 Å². The summed E-state index contributed by atoms with van der Waals surface area (Å²) in [7, 11) is 1.92. The molecule has 2 aromatic rings. The molecule has 0 aromatic heterocycles. The second-order valence-corrected chi connectivity index (χ2v) is 8.87. The molecule has 0 aliphatic carbocycles. The number of hydrogen-bond acceptors (Lipinski definition) is 3. The molecule has 166 valence electrons. The fourth-order valence-corrected chi connectivity index (χ4v) is 4.74. The van der Waals surface area contributed by atoms with Gasteiger partial charge in [-0.1, -0.05) is 60.7 Å². The number of benzene rings is 2. The molecule has 5 nitrogen and oxygen atoms in total. The standard InChI is InChI=1S/C26H37N5/c1-27-26(31-18-16-30(17-19-31)21-24-10-6-3-7-11-24)28-20-25-13-15-29(22-25)14-12-23-8-4-2-5-9-23/h2-11,25H,12-22H2,1H3,(H,27,28). The van der Waals surface area contributed by atoms with E-state index in [1.54, 1.807) is 0 Å². The molecule has 1 N–H and O–H groups in total. The van der Waals surface area contributed by atoms with Crippen LogP contribution < -0.4 is 5.32 Å². The second kappa shape index (κ2) is 11.3. The highest BCUT2D eigenvalue weighted by Gasteiger charge is 2.24. The van der Waals surface area contributed by atoms with Crippen LogP contribution in [-0.2, 0) is 13.0 Å². The van der Waals surface area contributed by atoms with Crippen LogP contribution in [0.2, 0.25) is 0 Å². The zero-order valence-electron chi connectivity index (χ0n) is 18.9. The maximum absolute atomic E-state index is 4.58. The van der Waals surface area contributed by atoms with Crippen LogP contribution in [0.4, 0.5) is 0 Å². The molecule has 0 bridgehead atoms. The van der Waals surface area contributed by atoms with Gasteiger partial charge < -0.3 is 15.1 Å². The number of rotatable bonds is 7. The fraction of sp³-hybridized carbons (Fsp3) is 0.500. The second-order valence-electron chi connectivity index (χ2n) is 8.87. The summed E-state index contributed by atoms with van der Waals surface area (Å²) in [5.41, 5.74) is 2.84. The third kappa shape index (κ3) is 6.55. The lowest BCUT2D eigenvalue weighted by Gasteiger charge is -2.36. The summed E-state index contributed by atoms with van der Waals surface area (Å²) in [6, 6.07) is 21.6. The Hall–Kier alpha value is -2.37. The maximum atomic E-state index is 4.58. The molecule has 2 heterocycles. The van der Waals surface area contributed by atoms with Crippen LogP contribution >= 0.6 is 0 Å². The van der Waals surface area contributed by atoms with Gasteiger partial charge >= 0.3 is 0 Å². The first-order valence-corrected chi connectivity index (χ1v) is 11.8. The smallest absolute Gasteiger partial charge is 0.193 e. The van der Waals surface area contributed by atoms with Gasteiger partial charge in [-0.05, 0) is 36.4 Å². The SMILES string of the molecule is CN=C(NCC1CCN(CCc2ccccc2)C1)N1CCN(Cc2ccccc2)CC1. The van der Waals surface area contributed by atoms with Crippen molar-refractivity contribution in [1.29, 1.82) is 0 Å². The molecule has 0 amide bonds. The van der Waals surface area contributed by atoms with E-state index in [0.717, 1.165) is 51.6 Å². The average molecular weight is 420 g/mol. The van der Waals surface area contributed by atoms with Gasteiger partial charge in [0.15, 0.2) is 5.96 Å². The first-order chi connectivity index (χ1) is 15.3. The third-order valence-electron chi connectivity index (χ3n) is 6.61. The highest BCUT2D eigenvalue weighted by atomic mass is 15.3. The minimum absolute atomic E-state index is 0.715. The molecule has 2 aromatic carbocycles. The largest absolute Gasteiger partial charge is 0.356 e. The topological polar surface area (TPSA) is 34.1 Å². The Kier molecular flexibility index (Phi) is 7.97. The molecule has 0 saturated carbocycles. The number of piperazine rings is 1. The number of nitrogens with one attached hydrogen (secondary N) is 1. The lowest BCUT2D eigenvalue weighted by Crippen LogP contribution is -2.52. The monoisotopic (exact) mass is 419 g/mol. The van der Waals surface area contributed by atoms with Crippen LogP contribution in [0.1, 0.15) is 17.5 Å². The number of hydrogen-bond donors (Lipinski definition) is 1. The van der Waals surface area contributed by atoms with Gasteiger partial charge in [-0.15, -0.1) is 0 Å². The Morgan fingerprint density at radius 2 is 1.55 bits per heavy atom. The quantitative estimate of drug-likeness (QED) is 0.553. The predicted molar refractivity (Wildman–Crippen MR) is 129 cm³/mol. The van der Waals surface area contributed by atoms with E-state index in [1.165, 1.54) is 37.2 Å². The first-order valence-electron chi connectivity index (χ1n) is 11.8. The van der Waals surface area contributed by atoms with E-state index in [0.29, 0.717) is 5.92 Å². The van der Waals surface area contributed by atoms with E-state index < -0.39 is 0 Å². The number of nitrogens with zero attached hydrogens (tertiary/aromatic N) is 4. The molecule has 2 aliphatic heterocycles. The van der Waals surface area contributed by atoms with Crippen molar-refractivity contribution in [2.75, 3.05) is 59.4 Å². The van der Waals surface area contributed by atoms with Gasteiger partial charge in [0.2, 0.25) is 0 Å². The zero-order chi connectivity index (χ0) is 21.3. The van der Waals surface area contributed by atoms with E-state index >= 15 is 0 Å². The summed E-state index contributed by atoms with van der Waals surface area (Å²) >= 11 is 0. The normalized spacial score (nSPS) is 20.9. The van der Waals surface area contributed by atoms with Crippen LogP contribution in [0.15, 0.2) is 65.7 Å². The predicted octanol–water partition coefficient (Wildman–Crippen LogP) is 2.94. The zero-order valence-corrected chi connectivity index (χ0v) is 18.9. The molecular formula is C26H37N5. The Morgan fingerprint density at radius 3 is 2.23 bits per heavy atom. The Morgan fingerprint density at radius 1 is 0.871 bits per heavy atom. The molecule has 0 spiro atoms. The van der Waals surface area contributed by atoms with Crippen LogP contribution in [0, 0.1) is 5.92 Å². The van der Waals surface area contributed by atoms with E-state index in [1.807, 2.05) is 7.05 Å². The lowest BCUT2D eigenvalue weighted by molar-refractivity contribution is 0.172. The summed E-state index contributed by atoms with van der Waals surface area (Å²) in [6.45, 7) is 9.91. The number of guanidine groups is 1. The van der Waals surface area contributed by atoms with E-state index in [9.17, 15) is 0 Å². The van der Waals surface area contributed by atoms with Gasteiger partial charge in [0.25, 0.3) is 0 Å². The Labute approximate surface area is 187 Å². The van der Waals surface area contributed by atoms with Crippen molar-refractivity contribution in [3.63, 3.8) is 0 Å². The molecule has 2 aliphatic rings. The van der Waals surface area contributed by atoms with E-state index in [4.69, 9.17) is 0 Å². The minimum Gasteiger partial charge on any atom is -0.356 e. The van der Waals surface area contributed by atoms with Crippen molar-refractivity contribution >= 4 is 5.96 Å². The van der Waals surface area contributed by atoms with Gasteiger partial charge in [-0.2, -0.15) is 0 Å². The van der Waals surface area contributed by atoms with Crippen molar-refractivity contribution in [3.05, 3.63) is 71.8 Å². The Bertz CT molecular complexity index is 799. The van der Waals surface area contributed by atoms with Gasteiger partial charge in [0, 0.05) is 59.4 Å². The van der Waals surface area contributed by atoms with Crippen molar-refractivity contribution in [1.82, 2.24) is 20.0 Å². The van der Waals surface area contributed by atoms with Gasteiger partial charge in [-0.3, -0.25) is 9.89 Å². The van der Waals surface area contributed by atoms with Gasteiger partial charge in [-0.25, -0.2) is 0 Å². The molecule has 4 rings (SSSR count). The van der Waals surface area contributed by atoms with Gasteiger partial charge in [0.05, 0.1) is 0 Å². The molecule has 31 heavy (non-hydrogen) atoms. The average Bonchev–Trinajstić information content (AvgIpc) is 3.28. The number of likely N-dealkylation sites (tertiary alicyclic amines) is 1. The molecule has 1 unspecified atom stereocenters. The molecule has 1 atom stereocenters. The number of aliphatic imine (C=N–C) groups is 1. The summed E-state index contributed by atoms with van der Waals surface area (Å²) in [6.07, 6.45) is 2.43. The van der Waals surface area contributed by atoms with Gasteiger partial charge in [0.1, 0.15) is 0 Å². The van der Waals surface area contributed by atoms with E-state index in [2.05, 4.69) is 85.7 Å². The van der Waals surface area contributed by atoms with Crippen molar-refractivity contribution in [3.8, 4) is 0 Å². The highest BCUT2D eigenvalue weighted by molar-refractivity contribution is 5.80. The van der Waals surface area contributed by atoms with Crippen molar-refractivity contribution < 1.29 is 0 Å². The molecule has 5 heteroatoms. The summed E-state index contributed by atoms with van der Waals surface area (Å²) in [4.78, 5) is 12.2. The minimum atomic E-state index is 0.715. The van der Waals surface area contributed by atoms with Crippen LogP contribution in [0.5, 0.6) is 0 Å². The molecule has 2 saturated heterocycles. The van der Waals surface area contributed by atoms with E-state index in [-0.39, 0.29) is 0 Å². The van der Waals surface area contributed by atoms with Crippen molar-refractivity contribution in [2.45, 2.75) is 19.4 Å². The summed E-state index contributed by atoms with van der Waals surface area (Å²) < 4.78 is 0.